The van der Waals surface area contributed by atoms with Crippen molar-refractivity contribution in [3.05, 3.63) is 0 Å². The second kappa shape index (κ2) is 7.46. The number of hydrogen-bond donors (Lipinski definition) is 1. The lowest BCUT2D eigenvalue weighted by Crippen LogP contribution is -2.46. The van der Waals surface area contributed by atoms with Gasteiger partial charge in [-0.1, -0.05) is 33.6 Å². The smallest absolute Gasteiger partial charge is 0.00927 e. The fraction of sp³-hybridized carbons (Fsp3) is 1.00. The van der Waals surface area contributed by atoms with Crippen molar-refractivity contribution in [2.75, 3.05) is 13.6 Å². The van der Waals surface area contributed by atoms with Crippen LogP contribution in [0.4, 0.5) is 0 Å². The molecule has 0 radical (unpaired) electrons. The molecule has 2 aliphatic rings. The number of nitrogens with two attached hydrogens (primary N) is 1. The van der Waals surface area contributed by atoms with Crippen molar-refractivity contribution in [1.29, 1.82) is 0 Å². The van der Waals surface area contributed by atoms with Crippen LogP contribution in [-0.4, -0.2) is 30.6 Å². The van der Waals surface area contributed by atoms with Crippen LogP contribution in [0.1, 0.15) is 78.6 Å². The summed E-state index contributed by atoms with van der Waals surface area (Å²) in [5, 5.41) is 0. The molecule has 0 heterocycles. The number of hydrogen-bond acceptors (Lipinski definition) is 2. The van der Waals surface area contributed by atoms with Gasteiger partial charge >= 0.3 is 0 Å². The largest absolute Gasteiger partial charge is 0.327 e. The Morgan fingerprint density at radius 1 is 1.10 bits per heavy atom. The first-order valence-electron chi connectivity index (χ1n) is 9.37. The first kappa shape index (κ1) is 17.3. The van der Waals surface area contributed by atoms with Crippen LogP contribution in [-0.2, 0) is 0 Å². The predicted molar refractivity (Wildman–Crippen MR) is 92.4 cm³/mol. The zero-order valence-electron chi connectivity index (χ0n) is 14.9. The molecule has 0 aromatic carbocycles. The third kappa shape index (κ3) is 4.96. The molecule has 2 rings (SSSR count). The molecule has 124 valence electrons. The first-order chi connectivity index (χ1) is 9.91. The van der Waals surface area contributed by atoms with Crippen LogP contribution in [0.15, 0.2) is 0 Å². The topological polar surface area (TPSA) is 29.3 Å². The minimum atomic E-state index is 0.445. The van der Waals surface area contributed by atoms with Crippen molar-refractivity contribution in [2.45, 2.75) is 90.6 Å². The van der Waals surface area contributed by atoms with Crippen molar-refractivity contribution < 1.29 is 0 Å². The highest BCUT2D eigenvalue weighted by Gasteiger charge is 2.32. The maximum Gasteiger partial charge on any atom is 0.00927 e. The molecule has 0 aliphatic heterocycles. The Labute approximate surface area is 132 Å². The van der Waals surface area contributed by atoms with E-state index in [0.717, 1.165) is 17.9 Å². The zero-order valence-corrected chi connectivity index (χ0v) is 14.9. The van der Waals surface area contributed by atoms with Gasteiger partial charge < -0.3 is 10.6 Å². The van der Waals surface area contributed by atoms with Gasteiger partial charge in [0, 0.05) is 18.6 Å². The molecule has 2 aliphatic carbocycles. The van der Waals surface area contributed by atoms with Crippen LogP contribution >= 0.6 is 0 Å². The van der Waals surface area contributed by atoms with E-state index in [1.807, 2.05) is 0 Å². The zero-order chi connectivity index (χ0) is 15.5. The maximum atomic E-state index is 6.43. The summed E-state index contributed by atoms with van der Waals surface area (Å²) in [6.45, 7) is 8.40. The van der Waals surface area contributed by atoms with Gasteiger partial charge in [-0.3, -0.25) is 0 Å². The average Bonchev–Trinajstić information content (AvgIpc) is 2.42. The van der Waals surface area contributed by atoms with Crippen LogP contribution < -0.4 is 5.73 Å². The van der Waals surface area contributed by atoms with E-state index >= 15 is 0 Å². The van der Waals surface area contributed by atoms with E-state index in [1.54, 1.807) is 0 Å². The van der Waals surface area contributed by atoms with E-state index in [2.05, 4.69) is 32.7 Å². The van der Waals surface area contributed by atoms with E-state index in [9.17, 15) is 0 Å². The lowest BCUT2D eigenvalue weighted by atomic mass is 9.74. The quantitative estimate of drug-likeness (QED) is 0.812. The fourth-order valence-corrected chi connectivity index (χ4v) is 4.61. The van der Waals surface area contributed by atoms with E-state index in [0.29, 0.717) is 11.5 Å². The summed E-state index contributed by atoms with van der Waals surface area (Å²) in [7, 11) is 2.35. The van der Waals surface area contributed by atoms with Gasteiger partial charge in [-0.15, -0.1) is 0 Å². The second-order valence-electron chi connectivity index (χ2n) is 8.73. The summed E-state index contributed by atoms with van der Waals surface area (Å²) in [5.74, 6) is 1.67. The Kier molecular flexibility index (Phi) is 6.14. The number of rotatable bonds is 5. The summed E-state index contributed by atoms with van der Waals surface area (Å²) in [5.41, 5.74) is 7.01. The Bertz CT molecular complexity index is 303. The molecular formula is C19H38N2. The molecule has 0 spiro atoms. The Morgan fingerprint density at radius 3 is 2.38 bits per heavy atom. The van der Waals surface area contributed by atoms with E-state index < -0.39 is 0 Å². The lowest BCUT2D eigenvalue weighted by molar-refractivity contribution is 0.0930. The highest BCUT2D eigenvalue weighted by molar-refractivity contribution is 4.87. The average molecular weight is 295 g/mol. The summed E-state index contributed by atoms with van der Waals surface area (Å²) in [6.07, 6.45) is 12.3. The predicted octanol–water partition coefficient (Wildman–Crippen LogP) is 4.43. The van der Waals surface area contributed by atoms with Crippen LogP contribution in [0.5, 0.6) is 0 Å². The molecule has 0 amide bonds. The van der Waals surface area contributed by atoms with Crippen molar-refractivity contribution in [3.8, 4) is 0 Å². The van der Waals surface area contributed by atoms with Crippen molar-refractivity contribution in [2.24, 2.45) is 23.0 Å². The molecule has 2 nitrogen and oxygen atoms in total. The van der Waals surface area contributed by atoms with Gasteiger partial charge in [-0.05, 0) is 69.2 Å². The number of nitrogens with zero attached hydrogens (tertiary/aromatic N) is 1. The molecule has 3 atom stereocenters. The van der Waals surface area contributed by atoms with Gasteiger partial charge in [0.2, 0.25) is 0 Å². The maximum absolute atomic E-state index is 6.43. The molecule has 0 aromatic rings. The molecule has 2 fully saturated rings. The third-order valence-corrected chi connectivity index (χ3v) is 6.30. The van der Waals surface area contributed by atoms with Crippen LogP contribution in [0, 0.1) is 17.3 Å². The Morgan fingerprint density at radius 2 is 1.76 bits per heavy atom. The molecule has 0 aromatic heterocycles. The highest BCUT2D eigenvalue weighted by atomic mass is 15.1. The highest BCUT2D eigenvalue weighted by Crippen LogP contribution is 2.38. The van der Waals surface area contributed by atoms with Crippen LogP contribution in [0.25, 0.3) is 0 Å². The van der Waals surface area contributed by atoms with Gasteiger partial charge in [-0.25, -0.2) is 0 Å². The molecule has 0 bridgehead atoms. The normalized spacial score (nSPS) is 34.3. The standard InChI is InChI=1S/C19H38N2/c1-5-6-15-7-8-18(20)16(13-15)14-21(4)17-9-11-19(2,3)12-10-17/h15-18H,5-14,20H2,1-4H3. The van der Waals surface area contributed by atoms with Gasteiger partial charge in [0.05, 0.1) is 0 Å². The summed E-state index contributed by atoms with van der Waals surface area (Å²) in [4.78, 5) is 2.65. The summed E-state index contributed by atoms with van der Waals surface area (Å²) >= 11 is 0. The molecule has 2 saturated carbocycles. The molecule has 2 heteroatoms. The minimum Gasteiger partial charge on any atom is -0.327 e. The van der Waals surface area contributed by atoms with E-state index in [1.165, 1.54) is 64.3 Å². The second-order valence-corrected chi connectivity index (χ2v) is 8.73. The van der Waals surface area contributed by atoms with E-state index in [-0.39, 0.29) is 0 Å². The lowest BCUT2D eigenvalue weighted by Gasteiger charge is -2.42. The van der Waals surface area contributed by atoms with Crippen LogP contribution in [0.3, 0.4) is 0 Å². The third-order valence-electron chi connectivity index (χ3n) is 6.30. The van der Waals surface area contributed by atoms with Crippen molar-refractivity contribution in [1.82, 2.24) is 4.90 Å². The molecule has 21 heavy (non-hydrogen) atoms. The molecule has 2 N–H and O–H groups in total. The minimum absolute atomic E-state index is 0.445. The summed E-state index contributed by atoms with van der Waals surface area (Å²) < 4.78 is 0. The van der Waals surface area contributed by atoms with Crippen molar-refractivity contribution >= 4 is 0 Å². The SMILES string of the molecule is CCCC1CCC(N)C(CN(C)C2CCC(C)(C)CC2)C1. The van der Waals surface area contributed by atoms with Gasteiger partial charge in [0.1, 0.15) is 0 Å². The Hall–Kier alpha value is -0.0800. The van der Waals surface area contributed by atoms with Gasteiger partial charge in [0.15, 0.2) is 0 Å². The first-order valence-corrected chi connectivity index (χ1v) is 9.37. The van der Waals surface area contributed by atoms with Crippen molar-refractivity contribution in [3.63, 3.8) is 0 Å². The molecular weight excluding hydrogens is 256 g/mol. The Balaban J connectivity index is 1.82. The monoisotopic (exact) mass is 294 g/mol. The van der Waals surface area contributed by atoms with Gasteiger partial charge in [-0.2, -0.15) is 0 Å². The van der Waals surface area contributed by atoms with Crippen LogP contribution in [0.2, 0.25) is 0 Å². The molecule has 3 unspecified atom stereocenters. The summed E-state index contributed by atoms with van der Waals surface area (Å²) in [6, 6.07) is 1.25. The van der Waals surface area contributed by atoms with Gasteiger partial charge in [0.25, 0.3) is 0 Å². The fourth-order valence-electron chi connectivity index (χ4n) is 4.61. The molecule has 0 saturated heterocycles. The van der Waals surface area contributed by atoms with E-state index in [4.69, 9.17) is 5.73 Å².